The summed E-state index contributed by atoms with van der Waals surface area (Å²) in [5.41, 5.74) is 3.93. The Hall–Kier alpha value is -3.20. The molecule has 3 aromatic carbocycles. The van der Waals surface area contributed by atoms with Crippen LogP contribution in [0.5, 0.6) is 0 Å². The van der Waals surface area contributed by atoms with Crippen molar-refractivity contribution < 1.29 is 13.2 Å². The van der Waals surface area contributed by atoms with E-state index in [0.717, 1.165) is 40.8 Å². The Morgan fingerprint density at radius 1 is 0.892 bits per heavy atom. The monoisotopic (exact) mass is 533 g/mol. The van der Waals surface area contributed by atoms with Crippen molar-refractivity contribution in [1.29, 1.82) is 0 Å². The predicted molar refractivity (Wildman–Crippen MR) is 152 cm³/mol. The quantitative estimate of drug-likeness (QED) is 0.330. The molecule has 37 heavy (non-hydrogen) atoms. The zero-order valence-electron chi connectivity index (χ0n) is 21.1. The lowest BCUT2D eigenvalue weighted by Gasteiger charge is -2.34. The van der Waals surface area contributed by atoms with Crippen LogP contribution in [0.3, 0.4) is 0 Å². The highest BCUT2D eigenvalue weighted by Crippen LogP contribution is 2.32. The minimum absolute atomic E-state index is 0.0433. The van der Waals surface area contributed by atoms with Crippen LogP contribution in [0.4, 0.5) is 5.69 Å². The molecule has 1 aliphatic heterocycles. The first kappa shape index (κ1) is 25.4. The van der Waals surface area contributed by atoms with Crippen molar-refractivity contribution in [1.82, 2.24) is 9.80 Å². The lowest BCUT2D eigenvalue weighted by atomic mass is 10.1. The molecule has 1 fully saturated rings. The molecule has 2 heterocycles. The molecule has 0 spiro atoms. The van der Waals surface area contributed by atoms with Crippen LogP contribution in [0.25, 0.3) is 10.1 Å². The molecule has 1 aliphatic rings. The van der Waals surface area contributed by atoms with Crippen molar-refractivity contribution in [2.24, 2.45) is 0 Å². The van der Waals surface area contributed by atoms with E-state index in [0.29, 0.717) is 23.7 Å². The lowest BCUT2D eigenvalue weighted by molar-refractivity contribution is 0.0633. The van der Waals surface area contributed by atoms with Gasteiger partial charge in [-0.15, -0.1) is 11.3 Å². The van der Waals surface area contributed by atoms with Gasteiger partial charge in [0.1, 0.15) is 0 Å². The second kappa shape index (κ2) is 10.7. The molecule has 192 valence electrons. The number of hydrogen-bond acceptors (Lipinski definition) is 5. The van der Waals surface area contributed by atoms with E-state index in [4.69, 9.17) is 0 Å². The second-order valence-electron chi connectivity index (χ2n) is 9.64. The predicted octanol–water partition coefficient (Wildman–Crippen LogP) is 5.13. The Morgan fingerprint density at radius 2 is 1.59 bits per heavy atom. The summed E-state index contributed by atoms with van der Waals surface area (Å²) in [6, 6.07) is 25.8. The number of hydrogen-bond donors (Lipinski definition) is 0. The molecule has 0 aliphatic carbocycles. The van der Waals surface area contributed by atoms with Gasteiger partial charge in [-0.1, -0.05) is 60.2 Å². The molecule has 8 heteroatoms. The van der Waals surface area contributed by atoms with Crippen molar-refractivity contribution in [3.05, 3.63) is 100 Å². The van der Waals surface area contributed by atoms with Crippen molar-refractivity contribution >= 4 is 43.0 Å². The van der Waals surface area contributed by atoms with E-state index in [1.165, 1.54) is 27.5 Å². The number of fused-ring (bicyclic) bond motifs is 1. The fourth-order valence-corrected chi connectivity index (χ4v) is 6.55. The minimum Gasteiger partial charge on any atom is -0.335 e. The van der Waals surface area contributed by atoms with Gasteiger partial charge in [0.15, 0.2) is 0 Å². The van der Waals surface area contributed by atoms with Gasteiger partial charge < -0.3 is 4.90 Å². The van der Waals surface area contributed by atoms with Crippen LogP contribution in [0.1, 0.15) is 26.4 Å². The third kappa shape index (κ3) is 6.04. The summed E-state index contributed by atoms with van der Waals surface area (Å²) in [7, 11) is -3.49. The first-order valence-corrected chi connectivity index (χ1v) is 15.1. The first-order valence-electron chi connectivity index (χ1n) is 12.4. The zero-order chi connectivity index (χ0) is 26.0. The van der Waals surface area contributed by atoms with Crippen LogP contribution in [-0.2, 0) is 23.1 Å². The molecular weight excluding hydrogens is 502 g/mol. The number of aryl methyl sites for hydroxylation is 1. The fraction of sp³-hybridized carbons (Fsp3) is 0.276. The van der Waals surface area contributed by atoms with E-state index < -0.39 is 10.0 Å². The van der Waals surface area contributed by atoms with Crippen LogP contribution in [-0.4, -0.2) is 56.6 Å². The fourth-order valence-electron chi connectivity index (χ4n) is 4.66. The van der Waals surface area contributed by atoms with Crippen molar-refractivity contribution in [3.8, 4) is 0 Å². The van der Waals surface area contributed by atoms with Gasteiger partial charge in [0, 0.05) is 37.4 Å². The van der Waals surface area contributed by atoms with E-state index >= 15 is 0 Å². The molecule has 0 radical (unpaired) electrons. The van der Waals surface area contributed by atoms with E-state index in [1.807, 2.05) is 66.4 Å². The molecule has 1 amide bonds. The van der Waals surface area contributed by atoms with Crippen LogP contribution in [0.2, 0.25) is 0 Å². The van der Waals surface area contributed by atoms with E-state index in [1.54, 1.807) is 0 Å². The number of piperazine rings is 1. The number of amides is 1. The summed E-state index contributed by atoms with van der Waals surface area (Å²) in [5, 5.41) is 0.881. The molecule has 0 unspecified atom stereocenters. The van der Waals surface area contributed by atoms with Gasteiger partial charge in [0.25, 0.3) is 5.91 Å². The standard InChI is InChI=1S/C29H31N3O3S2/c1-22-8-10-24(11-9-22)21-32(37(2,34)35)26-12-13-27-25(18-26)19-28(36-27)29(33)31-16-14-30(15-17-31)20-23-6-4-3-5-7-23/h3-13,18-19H,14-17,20-21H2,1-2H3. The molecule has 4 aromatic rings. The Labute approximate surface area is 222 Å². The number of thiophene rings is 1. The Kier molecular flexibility index (Phi) is 7.33. The number of anilines is 1. The van der Waals surface area contributed by atoms with Crippen LogP contribution in [0.15, 0.2) is 78.9 Å². The van der Waals surface area contributed by atoms with Gasteiger partial charge in [-0.25, -0.2) is 8.42 Å². The van der Waals surface area contributed by atoms with Gasteiger partial charge in [0.2, 0.25) is 10.0 Å². The second-order valence-corrected chi connectivity index (χ2v) is 12.6. The van der Waals surface area contributed by atoms with Gasteiger partial charge in [-0.05, 0) is 47.7 Å². The maximum Gasteiger partial charge on any atom is 0.264 e. The summed E-state index contributed by atoms with van der Waals surface area (Å²) < 4.78 is 27.7. The summed E-state index contributed by atoms with van der Waals surface area (Å²) >= 11 is 1.46. The number of carbonyl (C=O) groups is 1. The maximum atomic E-state index is 13.3. The third-order valence-corrected chi connectivity index (χ3v) is 9.00. The Balaban J connectivity index is 1.30. The summed E-state index contributed by atoms with van der Waals surface area (Å²) in [4.78, 5) is 18.3. The topological polar surface area (TPSA) is 60.9 Å². The molecule has 5 rings (SSSR count). The number of rotatable bonds is 7. The van der Waals surface area contributed by atoms with Gasteiger partial charge >= 0.3 is 0 Å². The summed E-state index contributed by atoms with van der Waals surface area (Å²) in [6.45, 7) is 6.25. The summed E-state index contributed by atoms with van der Waals surface area (Å²) in [6.07, 6.45) is 1.23. The van der Waals surface area contributed by atoms with Crippen molar-refractivity contribution in [3.63, 3.8) is 0 Å². The minimum atomic E-state index is -3.49. The van der Waals surface area contributed by atoms with Gasteiger partial charge in [-0.3, -0.25) is 14.0 Å². The number of carbonyl (C=O) groups excluding carboxylic acids is 1. The normalized spacial score (nSPS) is 14.7. The van der Waals surface area contributed by atoms with Gasteiger partial charge in [-0.2, -0.15) is 0 Å². The highest BCUT2D eigenvalue weighted by Gasteiger charge is 2.24. The van der Waals surface area contributed by atoms with Crippen LogP contribution >= 0.6 is 11.3 Å². The zero-order valence-corrected chi connectivity index (χ0v) is 22.8. The maximum absolute atomic E-state index is 13.3. The average Bonchev–Trinajstić information content (AvgIpc) is 3.32. The lowest BCUT2D eigenvalue weighted by Crippen LogP contribution is -2.48. The van der Waals surface area contributed by atoms with E-state index in [2.05, 4.69) is 29.2 Å². The molecule has 1 aromatic heterocycles. The average molecular weight is 534 g/mol. The number of nitrogens with zero attached hydrogens (tertiary/aromatic N) is 3. The Bertz CT molecular complexity index is 1490. The summed E-state index contributed by atoms with van der Waals surface area (Å²) in [5.74, 6) is 0.0433. The number of sulfonamides is 1. The SMILES string of the molecule is Cc1ccc(CN(c2ccc3sc(C(=O)N4CCN(Cc5ccccc5)CC4)cc3c2)S(C)(=O)=O)cc1. The van der Waals surface area contributed by atoms with Crippen LogP contribution in [0, 0.1) is 6.92 Å². The van der Waals surface area contributed by atoms with E-state index in [9.17, 15) is 13.2 Å². The molecule has 0 N–H and O–H groups in total. The highest BCUT2D eigenvalue weighted by molar-refractivity contribution is 7.92. The molecule has 0 bridgehead atoms. The smallest absolute Gasteiger partial charge is 0.264 e. The largest absolute Gasteiger partial charge is 0.335 e. The van der Waals surface area contributed by atoms with E-state index in [-0.39, 0.29) is 12.5 Å². The van der Waals surface area contributed by atoms with Crippen molar-refractivity contribution in [2.45, 2.75) is 20.0 Å². The molecule has 0 atom stereocenters. The first-order chi connectivity index (χ1) is 17.8. The third-order valence-electron chi connectivity index (χ3n) is 6.75. The van der Waals surface area contributed by atoms with Crippen LogP contribution < -0.4 is 4.31 Å². The Morgan fingerprint density at radius 3 is 2.27 bits per heavy atom. The molecule has 0 saturated carbocycles. The molecular formula is C29H31N3O3S2. The highest BCUT2D eigenvalue weighted by atomic mass is 32.2. The van der Waals surface area contributed by atoms with Gasteiger partial charge in [0.05, 0.1) is 23.4 Å². The number of benzene rings is 3. The molecule has 1 saturated heterocycles. The van der Waals surface area contributed by atoms with Crippen molar-refractivity contribution in [2.75, 3.05) is 36.7 Å². The molecule has 6 nitrogen and oxygen atoms in total.